The van der Waals surface area contributed by atoms with Crippen LogP contribution in [0.5, 0.6) is 0 Å². The first-order chi connectivity index (χ1) is 11.8. The first-order valence-electron chi connectivity index (χ1n) is 7.92. The summed E-state index contributed by atoms with van der Waals surface area (Å²) in [6.45, 7) is 0.468. The molecule has 0 bridgehead atoms. The molecule has 3 aromatic rings. The van der Waals surface area contributed by atoms with E-state index < -0.39 is 0 Å². The van der Waals surface area contributed by atoms with Gasteiger partial charge >= 0.3 is 0 Å². The molecule has 0 atom stereocenters. The Hall–Kier alpha value is -3.09. The van der Waals surface area contributed by atoms with Crippen LogP contribution in [0.2, 0.25) is 0 Å². The minimum Gasteiger partial charge on any atom is -0.384 e. The highest BCUT2D eigenvalue weighted by atomic mass is 15.1. The lowest BCUT2D eigenvalue weighted by Crippen LogP contribution is -2.10. The van der Waals surface area contributed by atoms with Gasteiger partial charge in [0.15, 0.2) is 5.82 Å². The second-order valence-corrected chi connectivity index (χ2v) is 5.64. The second-order valence-electron chi connectivity index (χ2n) is 5.64. The summed E-state index contributed by atoms with van der Waals surface area (Å²) < 4.78 is 0. The molecule has 3 heterocycles. The molecule has 0 aromatic carbocycles. The smallest absolute Gasteiger partial charge is 0.180 e. The Kier molecular flexibility index (Phi) is 3.74. The van der Waals surface area contributed by atoms with Crippen LogP contribution in [0, 0.1) is 0 Å². The fourth-order valence-electron chi connectivity index (χ4n) is 2.85. The molecule has 0 unspecified atom stereocenters. The van der Waals surface area contributed by atoms with Gasteiger partial charge < -0.3 is 11.1 Å². The third kappa shape index (κ3) is 2.88. The van der Waals surface area contributed by atoms with E-state index in [1.165, 1.54) is 5.56 Å². The van der Waals surface area contributed by atoms with Gasteiger partial charge in [-0.2, -0.15) is 0 Å². The summed E-state index contributed by atoms with van der Waals surface area (Å²) in [5.74, 6) is 2.58. The molecule has 0 spiro atoms. The van der Waals surface area contributed by atoms with Crippen molar-refractivity contribution >= 4 is 11.6 Å². The molecule has 3 aromatic heterocycles. The van der Waals surface area contributed by atoms with Crippen LogP contribution in [0.15, 0.2) is 36.7 Å². The van der Waals surface area contributed by atoms with Crippen LogP contribution >= 0.6 is 0 Å². The van der Waals surface area contributed by atoms with E-state index in [0.29, 0.717) is 24.0 Å². The van der Waals surface area contributed by atoms with E-state index in [2.05, 4.69) is 30.2 Å². The van der Waals surface area contributed by atoms with Crippen LogP contribution in [-0.2, 0) is 19.4 Å². The van der Waals surface area contributed by atoms with Crippen LogP contribution in [0.3, 0.4) is 0 Å². The molecular weight excluding hydrogens is 302 g/mol. The van der Waals surface area contributed by atoms with Crippen LogP contribution < -0.4 is 11.1 Å². The summed E-state index contributed by atoms with van der Waals surface area (Å²) in [5.41, 5.74) is 8.76. The van der Waals surface area contributed by atoms with E-state index >= 15 is 0 Å². The van der Waals surface area contributed by atoms with Crippen LogP contribution in [0.25, 0.3) is 11.5 Å². The summed E-state index contributed by atoms with van der Waals surface area (Å²) in [4.78, 5) is 22.2. The number of nitrogens with two attached hydrogens (primary N) is 1. The predicted molar refractivity (Wildman–Crippen MR) is 91.1 cm³/mol. The van der Waals surface area contributed by atoms with Crippen LogP contribution in [0.1, 0.15) is 23.5 Å². The zero-order chi connectivity index (χ0) is 16.4. The van der Waals surface area contributed by atoms with Crippen molar-refractivity contribution in [2.24, 2.45) is 0 Å². The van der Waals surface area contributed by atoms with Crippen LogP contribution in [0.4, 0.5) is 11.6 Å². The number of nitrogens with one attached hydrogen (secondary N) is 1. The zero-order valence-corrected chi connectivity index (χ0v) is 13.1. The van der Waals surface area contributed by atoms with Gasteiger partial charge in [-0.05, 0) is 37.5 Å². The van der Waals surface area contributed by atoms with Gasteiger partial charge in [0.25, 0.3) is 0 Å². The van der Waals surface area contributed by atoms with Crippen molar-refractivity contribution in [2.75, 3.05) is 11.1 Å². The molecule has 0 aliphatic heterocycles. The fourth-order valence-corrected chi connectivity index (χ4v) is 2.85. The number of nitrogens with zero attached hydrogens (tertiary/aromatic N) is 5. The first-order valence-corrected chi connectivity index (χ1v) is 7.92. The lowest BCUT2D eigenvalue weighted by Gasteiger charge is -2.11. The number of hydrogen-bond acceptors (Lipinski definition) is 7. The molecule has 3 N–H and O–H groups in total. The van der Waals surface area contributed by atoms with Crippen molar-refractivity contribution in [3.63, 3.8) is 0 Å². The molecule has 0 amide bonds. The van der Waals surface area contributed by atoms with E-state index in [-0.39, 0.29) is 0 Å². The largest absolute Gasteiger partial charge is 0.384 e. The molecule has 1 aliphatic rings. The summed E-state index contributed by atoms with van der Waals surface area (Å²) in [5, 5.41) is 3.34. The lowest BCUT2D eigenvalue weighted by molar-refractivity contribution is 0.898. The molecule has 0 saturated heterocycles. The molecule has 1 aliphatic carbocycles. The summed E-state index contributed by atoms with van der Waals surface area (Å²) in [6.07, 6.45) is 6.46. The highest BCUT2D eigenvalue weighted by Gasteiger charge is 2.20. The van der Waals surface area contributed by atoms with Gasteiger partial charge in [0.05, 0.1) is 6.54 Å². The maximum absolute atomic E-state index is 5.71. The highest BCUT2D eigenvalue weighted by molar-refractivity contribution is 5.57. The normalized spacial score (nSPS) is 12.8. The third-order valence-electron chi connectivity index (χ3n) is 3.97. The summed E-state index contributed by atoms with van der Waals surface area (Å²) >= 11 is 0. The van der Waals surface area contributed by atoms with Crippen molar-refractivity contribution in [3.05, 3.63) is 53.7 Å². The van der Waals surface area contributed by atoms with Gasteiger partial charge in [0.1, 0.15) is 23.2 Å². The van der Waals surface area contributed by atoms with E-state index in [4.69, 9.17) is 5.73 Å². The molecule has 0 saturated carbocycles. The molecular formula is C17H17N7. The highest BCUT2D eigenvalue weighted by Crippen LogP contribution is 2.28. The van der Waals surface area contributed by atoms with E-state index in [0.717, 1.165) is 36.5 Å². The van der Waals surface area contributed by atoms with Gasteiger partial charge in [0, 0.05) is 23.7 Å². The summed E-state index contributed by atoms with van der Waals surface area (Å²) in [6, 6.07) is 7.41. The first kappa shape index (κ1) is 14.5. The molecule has 4 rings (SSSR count). The van der Waals surface area contributed by atoms with Gasteiger partial charge in [-0.1, -0.05) is 6.07 Å². The SMILES string of the molecule is Nc1ccnc(CNc2nc(-c3ccccn3)nc3c2CCC3)n1. The predicted octanol–water partition coefficient (Wildman–Crippen LogP) is 2.01. The number of anilines is 2. The van der Waals surface area contributed by atoms with Gasteiger partial charge in [-0.25, -0.2) is 19.9 Å². The Balaban J connectivity index is 1.65. The minimum absolute atomic E-state index is 0.462. The topological polar surface area (TPSA) is 102 Å². The lowest BCUT2D eigenvalue weighted by atomic mass is 10.2. The number of rotatable bonds is 4. The number of fused-ring (bicyclic) bond motifs is 1. The third-order valence-corrected chi connectivity index (χ3v) is 3.97. The van der Waals surface area contributed by atoms with Gasteiger partial charge in [-0.3, -0.25) is 4.98 Å². The van der Waals surface area contributed by atoms with Gasteiger partial charge in [0.2, 0.25) is 0 Å². The molecule has 7 heteroatoms. The maximum Gasteiger partial charge on any atom is 0.180 e. The number of hydrogen-bond donors (Lipinski definition) is 2. The maximum atomic E-state index is 5.71. The molecule has 0 radical (unpaired) electrons. The average Bonchev–Trinajstić information content (AvgIpc) is 3.09. The van der Waals surface area contributed by atoms with Gasteiger partial charge in [-0.15, -0.1) is 0 Å². The van der Waals surface area contributed by atoms with Crippen molar-refractivity contribution in [1.29, 1.82) is 0 Å². The standard InChI is InChI=1S/C17H17N7/c18-14-7-9-20-15(23-14)10-21-16-11-4-3-6-12(11)22-17(24-16)13-5-1-2-8-19-13/h1-2,5,7-9H,3-4,6,10H2,(H2,18,20,23)(H,21,22,24). The Bertz CT molecular complexity index is 864. The monoisotopic (exact) mass is 319 g/mol. The molecule has 120 valence electrons. The Labute approximate surface area is 139 Å². The number of pyridine rings is 1. The summed E-state index contributed by atoms with van der Waals surface area (Å²) in [7, 11) is 0. The number of aromatic nitrogens is 5. The second kappa shape index (κ2) is 6.19. The minimum atomic E-state index is 0.462. The van der Waals surface area contributed by atoms with E-state index in [1.54, 1.807) is 18.5 Å². The van der Waals surface area contributed by atoms with E-state index in [9.17, 15) is 0 Å². The van der Waals surface area contributed by atoms with Crippen molar-refractivity contribution in [2.45, 2.75) is 25.8 Å². The average molecular weight is 319 g/mol. The molecule has 7 nitrogen and oxygen atoms in total. The Morgan fingerprint density at radius 3 is 2.79 bits per heavy atom. The molecule has 0 fully saturated rings. The Morgan fingerprint density at radius 1 is 1.00 bits per heavy atom. The zero-order valence-electron chi connectivity index (χ0n) is 13.1. The van der Waals surface area contributed by atoms with Crippen molar-refractivity contribution in [3.8, 4) is 11.5 Å². The van der Waals surface area contributed by atoms with Crippen molar-refractivity contribution in [1.82, 2.24) is 24.9 Å². The van der Waals surface area contributed by atoms with Crippen molar-refractivity contribution < 1.29 is 0 Å². The number of nitrogen functional groups attached to an aromatic ring is 1. The van der Waals surface area contributed by atoms with E-state index in [1.807, 2.05) is 18.2 Å². The fraction of sp³-hybridized carbons (Fsp3) is 0.235. The number of aryl methyl sites for hydroxylation is 1. The van der Waals surface area contributed by atoms with Crippen LogP contribution in [-0.4, -0.2) is 24.9 Å². The Morgan fingerprint density at radius 2 is 1.96 bits per heavy atom. The quantitative estimate of drug-likeness (QED) is 0.758. The molecule has 24 heavy (non-hydrogen) atoms.